The zero-order valence-electron chi connectivity index (χ0n) is 11.6. The highest BCUT2D eigenvalue weighted by Gasteiger charge is 2.44. The van der Waals surface area contributed by atoms with Crippen LogP contribution in [-0.4, -0.2) is 29.6 Å². The molecule has 1 aromatic rings. The van der Waals surface area contributed by atoms with Crippen LogP contribution in [0.3, 0.4) is 0 Å². The third kappa shape index (κ3) is 3.59. The second-order valence-electron chi connectivity index (χ2n) is 6.01. The van der Waals surface area contributed by atoms with Crippen molar-refractivity contribution < 1.29 is 4.79 Å². The van der Waals surface area contributed by atoms with Gasteiger partial charge in [0, 0.05) is 34.6 Å². The molecule has 0 aromatic heterocycles. The van der Waals surface area contributed by atoms with Crippen LogP contribution in [0.15, 0.2) is 33.6 Å². The first-order valence-electron chi connectivity index (χ1n) is 7.33. The molecule has 20 heavy (non-hydrogen) atoms. The fourth-order valence-corrected chi connectivity index (χ4v) is 4.17. The minimum Gasteiger partial charge on any atom is -0.342 e. The average Bonchev–Trinajstić information content (AvgIpc) is 3.21. The summed E-state index contributed by atoms with van der Waals surface area (Å²) in [6.45, 7) is 1.96. The summed E-state index contributed by atoms with van der Waals surface area (Å²) >= 11 is 5.40. The number of benzene rings is 1. The molecule has 0 N–H and O–H groups in total. The van der Waals surface area contributed by atoms with Crippen LogP contribution in [0.5, 0.6) is 0 Å². The molecule has 4 heteroatoms. The molecule has 1 aliphatic carbocycles. The topological polar surface area (TPSA) is 20.3 Å². The van der Waals surface area contributed by atoms with Crippen LogP contribution in [0.4, 0.5) is 0 Å². The van der Waals surface area contributed by atoms with Gasteiger partial charge in [0.1, 0.15) is 0 Å². The Morgan fingerprint density at radius 2 is 1.95 bits per heavy atom. The molecule has 0 unspecified atom stereocenters. The molecule has 0 radical (unpaired) electrons. The maximum Gasteiger partial charge on any atom is 0.222 e. The van der Waals surface area contributed by atoms with Crippen molar-refractivity contribution in [1.29, 1.82) is 0 Å². The summed E-state index contributed by atoms with van der Waals surface area (Å²) in [5.74, 6) is 1.51. The Bertz CT molecular complexity index is 484. The van der Waals surface area contributed by atoms with Crippen molar-refractivity contribution in [2.75, 3.05) is 18.8 Å². The van der Waals surface area contributed by atoms with Gasteiger partial charge in [0.05, 0.1) is 0 Å². The van der Waals surface area contributed by atoms with Gasteiger partial charge in [0.25, 0.3) is 0 Å². The molecule has 1 aromatic carbocycles. The standard InChI is InChI=1S/C16H20BrNOS/c17-13-4-6-14(7-5-13)20-12-16(8-9-16)11-18-10-2-1-3-15(18)19/h4-7H,1-3,8-12H2. The first-order valence-corrected chi connectivity index (χ1v) is 9.11. The van der Waals surface area contributed by atoms with E-state index in [0.29, 0.717) is 11.3 Å². The van der Waals surface area contributed by atoms with E-state index in [1.807, 2.05) is 11.8 Å². The van der Waals surface area contributed by atoms with Gasteiger partial charge in [-0.25, -0.2) is 0 Å². The highest BCUT2D eigenvalue weighted by Crippen LogP contribution is 2.50. The van der Waals surface area contributed by atoms with Crippen molar-refractivity contribution in [3.8, 4) is 0 Å². The maximum absolute atomic E-state index is 11.9. The Morgan fingerprint density at radius 3 is 2.60 bits per heavy atom. The van der Waals surface area contributed by atoms with E-state index in [9.17, 15) is 4.79 Å². The predicted molar refractivity (Wildman–Crippen MR) is 87.0 cm³/mol. The van der Waals surface area contributed by atoms with Gasteiger partial charge in [-0.3, -0.25) is 4.79 Å². The van der Waals surface area contributed by atoms with Gasteiger partial charge in [0.2, 0.25) is 5.91 Å². The van der Waals surface area contributed by atoms with Crippen LogP contribution in [0.2, 0.25) is 0 Å². The summed E-state index contributed by atoms with van der Waals surface area (Å²) < 4.78 is 1.13. The van der Waals surface area contributed by atoms with Gasteiger partial charge in [-0.15, -0.1) is 11.8 Å². The third-order valence-corrected chi connectivity index (χ3v) is 6.15. The first-order chi connectivity index (χ1) is 9.67. The first kappa shape index (κ1) is 14.5. The minimum atomic E-state index is 0.371. The Hall–Kier alpha value is -0.480. The zero-order chi connectivity index (χ0) is 14.0. The summed E-state index contributed by atoms with van der Waals surface area (Å²) in [7, 11) is 0. The summed E-state index contributed by atoms with van der Waals surface area (Å²) in [4.78, 5) is 15.4. The number of rotatable bonds is 5. The molecule has 0 spiro atoms. The second-order valence-corrected chi connectivity index (χ2v) is 7.98. The van der Waals surface area contributed by atoms with E-state index >= 15 is 0 Å². The molecule has 2 nitrogen and oxygen atoms in total. The Labute approximate surface area is 133 Å². The molecular formula is C16H20BrNOS. The molecule has 1 saturated carbocycles. The summed E-state index contributed by atoms with van der Waals surface area (Å²) in [6, 6.07) is 8.51. The number of likely N-dealkylation sites (tertiary alicyclic amines) is 1. The van der Waals surface area contributed by atoms with Gasteiger partial charge in [-0.2, -0.15) is 0 Å². The summed E-state index contributed by atoms with van der Waals surface area (Å²) in [5.41, 5.74) is 0.394. The quantitative estimate of drug-likeness (QED) is 0.734. The van der Waals surface area contributed by atoms with Crippen LogP contribution < -0.4 is 0 Å². The van der Waals surface area contributed by atoms with E-state index in [-0.39, 0.29) is 0 Å². The lowest BCUT2D eigenvalue weighted by molar-refractivity contribution is -0.134. The van der Waals surface area contributed by atoms with Crippen molar-refractivity contribution in [2.24, 2.45) is 5.41 Å². The van der Waals surface area contributed by atoms with Crippen molar-refractivity contribution >= 4 is 33.6 Å². The summed E-state index contributed by atoms with van der Waals surface area (Å²) in [6.07, 6.45) is 5.58. The molecule has 2 fully saturated rings. The van der Waals surface area contributed by atoms with Crippen LogP contribution >= 0.6 is 27.7 Å². The minimum absolute atomic E-state index is 0.371. The Morgan fingerprint density at radius 1 is 1.20 bits per heavy atom. The number of amides is 1. The molecule has 0 bridgehead atoms. The number of nitrogens with zero attached hydrogens (tertiary/aromatic N) is 1. The highest BCUT2D eigenvalue weighted by atomic mass is 79.9. The van der Waals surface area contributed by atoms with Crippen molar-refractivity contribution in [3.05, 3.63) is 28.7 Å². The number of thioether (sulfide) groups is 1. The van der Waals surface area contributed by atoms with Gasteiger partial charge in [0.15, 0.2) is 0 Å². The van der Waals surface area contributed by atoms with E-state index in [4.69, 9.17) is 0 Å². The van der Waals surface area contributed by atoms with Crippen molar-refractivity contribution in [1.82, 2.24) is 4.90 Å². The fourth-order valence-electron chi connectivity index (χ4n) is 2.73. The number of hydrogen-bond acceptors (Lipinski definition) is 2. The number of piperidine rings is 1. The molecule has 3 rings (SSSR count). The maximum atomic E-state index is 11.9. The second kappa shape index (κ2) is 6.10. The lowest BCUT2D eigenvalue weighted by Gasteiger charge is -2.30. The molecule has 0 atom stereocenters. The van der Waals surface area contributed by atoms with E-state index in [2.05, 4.69) is 45.1 Å². The van der Waals surface area contributed by atoms with Crippen LogP contribution in [0, 0.1) is 5.41 Å². The molecule has 1 aliphatic heterocycles. The lowest BCUT2D eigenvalue weighted by atomic mass is 10.1. The summed E-state index contributed by atoms with van der Waals surface area (Å²) in [5, 5.41) is 0. The molecule has 1 saturated heterocycles. The van der Waals surface area contributed by atoms with Crippen LogP contribution in [0.25, 0.3) is 0 Å². The average molecular weight is 354 g/mol. The third-order valence-electron chi connectivity index (χ3n) is 4.26. The highest BCUT2D eigenvalue weighted by molar-refractivity contribution is 9.10. The van der Waals surface area contributed by atoms with Gasteiger partial charge < -0.3 is 4.90 Å². The van der Waals surface area contributed by atoms with E-state index in [1.54, 1.807) is 0 Å². The molecule has 2 aliphatic rings. The normalized spacial score (nSPS) is 21.1. The molecule has 108 valence electrons. The van der Waals surface area contributed by atoms with Crippen LogP contribution in [0.1, 0.15) is 32.1 Å². The Kier molecular flexibility index (Phi) is 4.41. The van der Waals surface area contributed by atoms with Gasteiger partial charge in [-0.1, -0.05) is 15.9 Å². The molecule has 1 amide bonds. The largest absolute Gasteiger partial charge is 0.342 e. The van der Waals surface area contributed by atoms with Gasteiger partial charge >= 0.3 is 0 Å². The molecular weight excluding hydrogens is 334 g/mol. The van der Waals surface area contributed by atoms with Gasteiger partial charge in [-0.05, 0) is 55.4 Å². The van der Waals surface area contributed by atoms with E-state index < -0.39 is 0 Å². The monoisotopic (exact) mass is 353 g/mol. The molecule has 1 heterocycles. The van der Waals surface area contributed by atoms with Crippen LogP contribution in [-0.2, 0) is 4.79 Å². The lowest BCUT2D eigenvalue weighted by Crippen LogP contribution is -2.40. The SMILES string of the molecule is O=C1CCCCN1CC1(CSc2ccc(Br)cc2)CC1. The smallest absolute Gasteiger partial charge is 0.222 e. The number of hydrogen-bond donors (Lipinski definition) is 0. The number of halogens is 1. The predicted octanol–water partition coefficient (Wildman–Crippen LogP) is 4.33. The van der Waals surface area contributed by atoms with Crippen molar-refractivity contribution in [2.45, 2.75) is 37.0 Å². The zero-order valence-corrected chi connectivity index (χ0v) is 14.0. The number of carbonyl (C=O) groups is 1. The number of carbonyl (C=O) groups excluding carboxylic acids is 1. The van der Waals surface area contributed by atoms with E-state index in [0.717, 1.165) is 36.2 Å². The fraction of sp³-hybridized carbons (Fsp3) is 0.562. The van der Waals surface area contributed by atoms with E-state index in [1.165, 1.54) is 24.2 Å². The Balaban J connectivity index is 1.54. The van der Waals surface area contributed by atoms with Crippen molar-refractivity contribution in [3.63, 3.8) is 0 Å².